The van der Waals surface area contributed by atoms with Gasteiger partial charge in [0.1, 0.15) is 0 Å². The van der Waals surface area contributed by atoms with Gasteiger partial charge in [-0.2, -0.15) is 0 Å². The topological polar surface area (TPSA) is 63.6 Å². The monoisotopic (exact) mass is 536 g/mol. The van der Waals surface area contributed by atoms with Gasteiger partial charge in [-0.15, -0.1) is 0 Å². The molecule has 0 aromatic carbocycles. The molecular weight excluding hydrogens is 472 g/mol. The number of ether oxygens (including phenoxy) is 1. The van der Waals surface area contributed by atoms with Crippen LogP contribution in [-0.2, 0) is 14.3 Å². The molecular formula is C34H64O4. The summed E-state index contributed by atoms with van der Waals surface area (Å²) in [6, 6.07) is 0. The Bertz CT molecular complexity index is 543. The highest BCUT2D eigenvalue weighted by molar-refractivity contribution is 5.79. The largest absolute Gasteiger partial charge is 0.481 e. The highest BCUT2D eigenvalue weighted by Crippen LogP contribution is 2.18. The van der Waals surface area contributed by atoms with Crippen LogP contribution >= 0.6 is 0 Å². The summed E-state index contributed by atoms with van der Waals surface area (Å²) in [6.45, 7) is 4.61. The Morgan fingerprint density at radius 1 is 0.579 bits per heavy atom. The van der Waals surface area contributed by atoms with Crippen molar-refractivity contribution in [3.8, 4) is 0 Å². The van der Waals surface area contributed by atoms with Gasteiger partial charge in [0.15, 0.2) is 0 Å². The third-order valence-electron chi connectivity index (χ3n) is 7.52. The highest BCUT2D eigenvalue weighted by Gasteiger charge is 2.22. The first-order chi connectivity index (χ1) is 18.6. The number of esters is 1. The van der Waals surface area contributed by atoms with Crippen molar-refractivity contribution in [1.82, 2.24) is 0 Å². The average molecular weight is 537 g/mol. The van der Waals surface area contributed by atoms with E-state index >= 15 is 0 Å². The zero-order valence-electron chi connectivity index (χ0n) is 25.5. The molecule has 0 heterocycles. The molecule has 0 aliphatic rings. The molecule has 0 saturated carbocycles. The molecule has 1 unspecified atom stereocenters. The van der Waals surface area contributed by atoms with Crippen molar-refractivity contribution in [2.45, 2.75) is 181 Å². The normalized spacial score (nSPS) is 12.3. The van der Waals surface area contributed by atoms with Crippen LogP contribution in [0.2, 0.25) is 0 Å². The summed E-state index contributed by atoms with van der Waals surface area (Å²) in [4.78, 5) is 23.0. The SMILES string of the molecule is CCCCCCCCCCCCCCCC/C=C/CCCCCCCCCC(CC(=O)O)C(=O)OCCC. The van der Waals surface area contributed by atoms with Crippen LogP contribution in [0.3, 0.4) is 0 Å². The lowest BCUT2D eigenvalue weighted by Crippen LogP contribution is -2.21. The van der Waals surface area contributed by atoms with Gasteiger partial charge in [0.25, 0.3) is 0 Å². The van der Waals surface area contributed by atoms with Crippen molar-refractivity contribution >= 4 is 11.9 Å². The molecule has 0 aromatic rings. The number of carboxylic acids is 1. The van der Waals surface area contributed by atoms with E-state index < -0.39 is 11.9 Å². The summed E-state index contributed by atoms with van der Waals surface area (Å²) >= 11 is 0. The van der Waals surface area contributed by atoms with Crippen LogP contribution in [0.25, 0.3) is 0 Å². The molecule has 0 bridgehead atoms. The number of carbonyl (C=O) groups excluding carboxylic acids is 1. The van der Waals surface area contributed by atoms with E-state index in [0.29, 0.717) is 13.0 Å². The summed E-state index contributed by atoms with van der Waals surface area (Å²) < 4.78 is 5.15. The van der Waals surface area contributed by atoms with Crippen LogP contribution in [0.5, 0.6) is 0 Å². The number of rotatable bonds is 30. The third-order valence-corrected chi connectivity index (χ3v) is 7.52. The minimum Gasteiger partial charge on any atom is -0.481 e. The fourth-order valence-corrected chi connectivity index (χ4v) is 5.06. The molecule has 0 aliphatic heterocycles. The van der Waals surface area contributed by atoms with E-state index in [4.69, 9.17) is 9.84 Å². The second kappa shape index (κ2) is 30.2. The minimum atomic E-state index is -0.919. The molecule has 0 amide bonds. The Labute approximate surface area is 236 Å². The number of carbonyl (C=O) groups is 2. The molecule has 0 saturated heterocycles. The molecule has 4 nitrogen and oxygen atoms in total. The minimum absolute atomic E-state index is 0.116. The van der Waals surface area contributed by atoms with Gasteiger partial charge in [-0.1, -0.05) is 148 Å². The Morgan fingerprint density at radius 2 is 0.974 bits per heavy atom. The zero-order chi connectivity index (χ0) is 27.9. The summed E-state index contributed by atoms with van der Waals surface area (Å²) in [5.41, 5.74) is 0. The lowest BCUT2D eigenvalue weighted by molar-refractivity contribution is -0.153. The number of unbranched alkanes of at least 4 members (excludes halogenated alkanes) is 21. The Balaban J connectivity index is 3.38. The van der Waals surface area contributed by atoms with E-state index in [0.717, 1.165) is 19.3 Å². The number of carboxylic acid groups (broad SMARTS) is 1. The van der Waals surface area contributed by atoms with Crippen molar-refractivity contribution in [1.29, 1.82) is 0 Å². The predicted octanol–water partition coefficient (Wildman–Crippen LogP) is 11.0. The first kappa shape index (κ1) is 36.7. The second-order valence-corrected chi connectivity index (χ2v) is 11.4. The second-order valence-electron chi connectivity index (χ2n) is 11.4. The summed E-state index contributed by atoms with van der Waals surface area (Å²) in [6.07, 6.45) is 36.6. The lowest BCUT2D eigenvalue weighted by Gasteiger charge is -2.13. The molecule has 0 spiro atoms. The molecule has 0 fully saturated rings. The molecule has 0 aliphatic carbocycles. The van der Waals surface area contributed by atoms with Crippen molar-refractivity contribution in [3.63, 3.8) is 0 Å². The molecule has 38 heavy (non-hydrogen) atoms. The van der Waals surface area contributed by atoms with Gasteiger partial charge < -0.3 is 9.84 Å². The highest BCUT2D eigenvalue weighted by atomic mass is 16.5. The Hall–Kier alpha value is -1.32. The van der Waals surface area contributed by atoms with Crippen LogP contribution in [0.4, 0.5) is 0 Å². The van der Waals surface area contributed by atoms with Gasteiger partial charge in [-0.05, 0) is 38.5 Å². The number of hydrogen-bond donors (Lipinski definition) is 1. The first-order valence-corrected chi connectivity index (χ1v) is 16.6. The van der Waals surface area contributed by atoms with E-state index in [9.17, 15) is 9.59 Å². The molecule has 0 radical (unpaired) electrons. The van der Waals surface area contributed by atoms with Crippen LogP contribution in [0.15, 0.2) is 12.2 Å². The average Bonchev–Trinajstić information content (AvgIpc) is 2.90. The number of allylic oxidation sites excluding steroid dienone is 2. The maximum Gasteiger partial charge on any atom is 0.309 e. The number of aliphatic carboxylic acids is 1. The summed E-state index contributed by atoms with van der Waals surface area (Å²) in [7, 11) is 0. The zero-order valence-corrected chi connectivity index (χ0v) is 25.5. The van der Waals surface area contributed by atoms with Crippen molar-refractivity contribution in [2.24, 2.45) is 5.92 Å². The fourth-order valence-electron chi connectivity index (χ4n) is 5.06. The van der Waals surface area contributed by atoms with Crippen molar-refractivity contribution in [3.05, 3.63) is 12.2 Å². The molecule has 0 rings (SSSR count). The van der Waals surface area contributed by atoms with Crippen LogP contribution in [0.1, 0.15) is 181 Å². The molecule has 1 atom stereocenters. The van der Waals surface area contributed by atoms with E-state index in [1.165, 1.54) is 135 Å². The fraction of sp³-hybridized carbons (Fsp3) is 0.882. The van der Waals surface area contributed by atoms with Gasteiger partial charge in [-0.25, -0.2) is 0 Å². The maximum absolute atomic E-state index is 12.0. The van der Waals surface area contributed by atoms with Gasteiger partial charge in [0.05, 0.1) is 18.9 Å². The summed E-state index contributed by atoms with van der Waals surface area (Å²) in [5.74, 6) is -1.75. The van der Waals surface area contributed by atoms with Crippen LogP contribution < -0.4 is 0 Å². The Morgan fingerprint density at radius 3 is 1.37 bits per heavy atom. The Kier molecular flexibility index (Phi) is 29.2. The standard InChI is InChI=1S/C34H64O4/c1-3-5-6-7-8-9-10-11-12-13-14-15-16-17-18-19-20-21-22-23-24-25-26-27-28-29-32(31-33(35)36)34(37)38-30-4-2/h19-20,32H,3-18,21-31H2,1-2H3,(H,35,36)/b20-19+. The first-order valence-electron chi connectivity index (χ1n) is 16.6. The summed E-state index contributed by atoms with van der Waals surface area (Å²) in [5, 5.41) is 9.04. The van der Waals surface area contributed by atoms with Crippen molar-refractivity contribution in [2.75, 3.05) is 6.61 Å². The van der Waals surface area contributed by atoms with E-state index in [-0.39, 0.29) is 12.4 Å². The molecule has 1 N–H and O–H groups in total. The van der Waals surface area contributed by atoms with Gasteiger partial charge >= 0.3 is 11.9 Å². The van der Waals surface area contributed by atoms with E-state index in [1.807, 2.05) is 6.92 Å². The van der Waals surface area contributed by atoms with E-state index in [2.05, 4.69) is 19.1 Å². The van der Waals surface area contributed by atoms with Crippen LogP contribution in [-0.4, -0.2) is 23.7 Å². The smallest absolute Gasteiger partial charge is 0.309 e. The maximum atomic E-state index is 12.0. The molecule has 4 heteroatoms. The van der Waals surface area contributed by atoms with Gasteiger partial charge in [-0.3, -0.25) is 9.59 Å². The van der Waals surface area contributed by atoms with E-state index in [1.54, 1.807) is 0 Å². The number of hydrogen-bond acceptors (Lipinski definition) is 3. The third kappa shape index (κ3) is 27.7. The van der Waals surface area contributed by atoms with Crippen LogP contribution in [0, 0.1) is 5.92 Å². The molecule has 0 aromatic heterocycles. The predicted molar refractivity (Wildman–Crippen MR) is 163 cm³/mol. The molecule has 224 valence electrons. The van der Waals surface area contributed by atoms with Gasteiger partial charge in [0, 0.05) is 0 Å². The van der Waals surface area contributed by atoms with Crippen molar-refractivity contribution < 1.29 is 19.4 Å². The quantitative estimate of drug-likeness (QED) is 0.0563. The lowest BCUT2D eigenvalue weighted by atomic mass is 9.97. The van der Waals surface area contributed by atoms with Gasteiger partial charge in [0.2, 0.25) is 0 Å².